The van der Waals surface area contributed by atoms with Crippen molar-refractivity contribution in [2.45, 2.75) is 13.8 Å². The van der Waals surface area contributed by atoms with E-state index in [9.17, 15) is 9.59 Å². The molecule has 4 N–H and O–H groups in total. The van der Waals surface area contributed by atoms with Crippen LogP contribution in [0.1, 0.15) is 32.1 Å². The molecule has 0 aliphatic carbocycles. The van der Waals surface area contributed by atoms with E-state index in [-0.39, 0.29) is 57.4 Å². The standard InChI is InChI=1S/C24H26N16O4/c1-11-17(29-31-21-13(23(41)43-5)8-37(3)35-21)19(25)39(33-11)15-7-16(28-10-27-15)40-20(26)18(12(2)34-40)30-32-22-14(24(42)44-6)9-38(4)36-22/h7-10H,25-26H2,1-6H3. The fourth-order valence-corrected chi connectivity index (χ4v) is 4.04. The van der Waals surface area contributed by atoms with Gasteiger partial charge in [0.2, 0.25) is 11.6 Å². The number of anilines is 2. The molecule has 5 heterocycles. The zero-order valence-corrected chi connectivity index (χ0v) is 24.4. The van der Waals surface area contributed by atoms with Gasteiger partial charge >= 0.3 is 11.9 Å². The lowest BCUT2D eigenvalue weighted by Gasteiger charge is -2.06. The summed E-state index contributed by atoms with van der Waals surface area (Å²) in [5.41, 5.74) is 14.4. The number of nitrogen functional groups attached to an aromatic ring is 2. The number of methoxy groups -OCH3 is 2. The lowest BCUT2D eigenvalue weighted by Crippen LogP contribution is -2.09. The van der Waals surface area contributed by atoms with E-state index < -0.39 is 11.9 Å². The molecule has 0 radical (unpaired) electrons. The van der Waals surface area contributed by atoms with Crippen molar-refractivity contribution in [2.24, 2.45) is 34.6 Å². The van der Waals surface area contributed by atoms with Gasteiger partial charge in [-0.1, -0.05) is 0 Å². The molecule has 0 spiro atoms. The number of hydrogen-bond donors (Lipinski definition) is 2. The highest BCUT2D eigenvalue weighted by atomic mass is 16.5. The molecule has 0 bridgehead atoms. The van der Waals surface area contributed by atoms with E-state index in [1.807, 2.05) is 0 Å². The third kappa shape index (κ3) is 5.33. The molecule has 5 aromatic heterocycles. The summed E-state index contributed by atoms with van der Waals surface area (Å²) in [4.78, 5) is 32.6. The number of nitrogens with two attached hydrogens (primary N) is 2. The molecule has 0 amide bonds. The van der Waals surface area contributed by atoms with Gasteiger partial charge in [-0.15, -0.1) is 20.5 Å². The summed E-state index contributed by atoms with van der Waals surface area (Å²) in [6.07, 6.45) is 4.22. The van der Waals surface area contributed by atoms with Gasteiger partial charge < -0.3 is 20.9 Å². The zero-order valence-electron chi connectivity index (χ0n) is 24.4. The Kier molecular flexibility index (Phi) is 7.62. The maximum absolute atomic E-state index is 12.0. The predicted octanol–water partition coefficient (Wildman–Crippen LogP) is 2.50. The van der Waals surface area contributed by atoms with Gasteiger partial charge in [-0.05, 0) is 13.8 Å². The van der Waals surface area contributed by atoms with Crippen LogP contribution >= 0.6 is 0 Å². The van der Waals surface area contributed by atoms with Crippen molar-refractivity contribution in [1.29, 1.82) is 0 Å². The lowest BCUT2D eigenvalue weighted by molar-refractivity contribution is 0.0592. The highest BCUT2D eigenvalue weighted by Crippen LogP contribution is 2.33. The van der Waals surface area contributed by atoms with Crippen LogP contribution in [0.4, 0.5) is 34.6 Å². The third-order valence-electron chi connectivity index (χ3n) is 6.12. The number of carbonyl (C=O) groups excluding carboxylic acids is 2. The summed E-state index contributed by atoms with van der Waals surface area (Å²) in [5.74, 6) is -0.337. The Bertz CT molecular complexity index is 1820. The van der Waals surface area contributed by atoms with Gasteiger partial charge in [0, 0.05) is 32.6 Å². The SMILES string of the molecule is COC(=O)c1cn(C)nc1N=Nc1c(C)nn(-c2cc(-n3nc(C)c(N=Nc4nn(C)cc4C(=O)OC)c3N)ncn2)c1N. The molecule has 0 fully saturated rings. The van der Waals surface area contributed by atoms with Crippen molar-refractivity contribution in [1.82, 2.24) is 49.1 Å². The number of carbonyl (C=O) groups is 2. The number of hydrogen-bond acceptors (Lipinski definition) is 16. The van der Waals surface area contributed by atoms with E-state index in [4.69, 9.17) is 20.9 Å². The second kappa shape index (κ2) is 11.5. The van der Waals surface area contributed by atoms with E-state index in [2.05, 4.69) is 50.8 Å². The molecule has 0 saturated carbocycles. The smallest absolute Gasteiger partial charge is 0.343 e. The van der Waals surface area contributed by atoms with Gasteiger partial charge in [-0.3, -0.25) is 9.36 Å². The lowest BCUT2D eigenvalue weighted by atomic mass is 10.3. The third-order valence-corrected chi connectivity index (χ3v) is 6.12. The quantitative estimate of drug-likeness (QED) is 0.192. The minimum Gasteiger partial charge on any atom is -0.465 e. The first-order chi connectivity index (χ1) is 21.0. The first kappa shape index (κ1) is 29.2. The van der Waals surface area contributed by atoms with Crippen molar-refractivity contribution in [3.63, 3.8) is 0 Å². The Morgan fingerprint density at radius 1 is 0.705 bits per heavy atom. The number of azo groups is 2. The maximum Gasteiger partial charge on any atom is 0.343 e. The number of rotatable bonds is 8. The minimum absolute atomic E-state index is 0.0530. The summed E-state index contributed by atoms with van der Waals surface area (Å²) < 4.78 is 15.1. The maximum atomic E-state index is 12.0. The molecule has 5 rings (SSSR count). The topological polar surface area (TPSA) is 251 Å². The fourth-order valence-electron chi connectivity index (χ4n) is 4.04. The van der Waals surface area contributed by atoms with Gasteiger partial charge in [0.15, 0.2) is 34.6 Å². The molecule has 0 aliphatic heterocycles. The van der Waals surface area contributed by atoms with E-state index in [1.54, 1.807) is 34.0 Å². The normalized spacial score (nSPS) is 11.6. The molecular formula is C24H26N16O4. The van der Waals surface area contributed by atoms with Crippen molar-refractivity contribution in [2.75, 3.05) is 25.7 Å². The van der Waals surface area contributed by atoms with Crippen molar-refractivity contribution >= 4 is 46.6 Å². The first-order valence-electron chi connectivity index (χ1n) is 12.6. The average molecular weight is 603 g/mol. The first-order valence-corrected chi connectivity index (χ1v) is 12.6. The average Bonchev–Trinajstić information content (AvgIpc) is 3.73. The summed E-state index contributed by atoms with van der Waals surface area (Å²) in [7, 11) is 5.78. The molecule has 20 nitrogen and oxygen atoms in total. The van der Waals surface area contributed by atoms with Gasteiger partial charge in [0.25, 0.3) is 0 Å². The highest BCUT2D eigenvalue weighted by Gasteiger charge is 2.21. The minimum atomic E-state index is -0.610. The largest absolute Gasteiger partial charge is 0.465 e. The molecule has 0 aliphatic rings. The van der Waals surface area contributed by atoms with Crippen molar-refractivity contribution in [3.05, 3.63) is 47.3 Å². The summed E-state index contributed by atoms with van der Waals surface area (Å²) in [5, 5.41) is 33.7. The second-order valence-corrected chi connectivity index (χ2v) is 9.16. The molecule has 0 aromatic carbocycles. The van der Waals surface area contributed by atoms with Crippen molar-refractivity contribution < 1.29 is 19.1 Å². The van der Waals surface area contributed by atoms with E-state index in [0.717, 1.165) is 0 Å². The van der Waals surface area contributed by atoms with Crippen LogP contribution in [0, 0.1) is 13.8 Å². The van der Waals surface area contributed by atoms with Gasteiger partial charge in [-0.2, -0.15) is 29.8 Å². The second-order valence-electron chi connectivity index (χ2n) is 9.16. The fraction of sp³-hybridized carbons (Fsp3) is 0.250. The molecular weight excluding hydrogens is 576 g/mol. The summed E-state index contributed by atoms with van der Waals surface area (Å²) in [6.45, 7) is 3.37. The van der Waals surface area contributed by atoms with Crippen LogP contribution in [-0.2, 0) is 23.6 Å². The van der Waals surface area contributed by atoms with Crippen LogP contribution in [0.25, 0.3) is 11.6 Å². The summed E-state index contributed by atoms with van der Waals surface area (Å²) in [6, 6.07) is 1.55. The molecule has 226 valence electrons. The van der Waals surface area contributed by atoms with Crippen LogP contribution in [0.5, 0.6) is 0 Å². The molecule has 44 heavy (non-hydrogen) atoms. The van der Waals surface area contributed by atoms with Crippen LogP contribution in [0.2, 0.25) is 0 Å². The Morgan fingerprint density at radius 2 is 1.11 bits per heavy atom. The Labute approximate surface area is 248 Å². The zero-order chi connectivity index (χ0) is 31.7. The predicted molar refractivity (Wildman–Crippen MR) is 152 cm³/mol. The number of nitrogens with zero attached hydrogens (tertiary/aromatic N) is 14. The van der Waals surface area contributed by atoms with Gasteiger partial charge in [0.05, 0.1) is 25.6 Å². The van der Waals surface area contributed by atoms with Crippen molar-refractivity contribution in [3.8, 4) is 11.6 Å². The summed E-state index contributed by atoms with van der Waals surface area (Å²) >= 11 is 0. The number of ether oxygens (including phenoxy) is 2. The molecule has 0 saturated heterocycles. The van der Waals surface area contributed by atoms with Gasteiger partial charge in [0.1, 0.15) is 17.5 Å². The number of aryl methyl sites for hydroxylation is 4. The molecule has 0 unspecified atom stereocenters. The van der Waals surface area contributed by atoms with Crippen LogP contribution in [-0.4, -0.2) is 75.2 Å². The Morgan fingerprint density at radius 3 is 1.50 bits per heavy atom. The molecule has 5 aromatic rings. The monoisotopic (exact) mass is 602 g/mol. The van der Waals surface area contributed by atoms with Crippen LogP contribution in [0.15, 0.2) is 45.2 Å². The van der Waals surface area contributed by atoms with Crippen LogP contribution < -0.4 is 11.5 Å². The van der Waals surface area contributed by atoms with Gasteiger partial charge in [-0.25, -0.2) is 19.6 Å². The molecule has 20 heteroatoms. The molecule has 0 atom stereocenters. The highest BCUT2D eigenvalue weighted by molar-refractivity contribution is 5.94. The van der Waals surface area contributed by atoms with E-state index in [0.29, 0.717) is 11.4 Å². The Hall–Kier alpha value is -6.34. The van der Waals surface area contributed by atoms with E-state index >= 15 is 0 Å². The number of esters is 2. The Balaban J connectivity index is 1.46. The van der Waals surface area contributed by atoms with Crippen LogP contribution in [0.3, 0.4) is 0 Å². The number of aromatic nitrogens is 10. The van der Waals surface area contributed by atoms with E-state index in [1.165, 1.54) is 51.7 Å².